The summed E-state index contributed by atoms with van der Waals surface area (Å²) in [6, 6.07) is 0. The third-order valence-corrected chi connectivity index (χ3v) is 0. The molecule has 0 aliphatic carbocycles. The molecule has 0 saturated carbocycles. The Balaban J connectivity index is -0.00000000533. The fraction of sp³-hybridized carbons (Fsp3) is 0. The van der Waals surface area contributed by atoms with Crippen molar-refractivity contribution >= 4 is 58.2 Å². The van der Waals surface area contributed by atoms with E-state index in [9.17, 15) is 0 Å². The van der Waals surface area contributed by atoms with Crippen molar-refractivity contribution in [3.05, 3.63) is 0 Å². The minimum absolute atomic E-state index is 0. The van der Waals surface area contributed by atoms with E-state index in [-0.39, 0.29) is 73.5 Å². The van der Waals surface area contributed by atoms with Gasteiger partial charge in [0.05, 0.1) is 0 Å². The van der Waals surface area contributed by atoms with Crippen LogP contribution in [0.2, 0.25) is 0 Å². The van der Waals surface area contributed by atoms with E-state index < -0.39 is 7.82 Å². The molecule has 0 aliphatic heterocycles. The third-order valence-electron chi connectivity index (χ3n) is 0. The van der Waals surface area contributed by atoms with E-state index >= 15 is 0 Å². The number of rotatable bonds is 0. The molecule has 3 N–H and O–H groups in total. The monoisotopic (exact) mass is 342 g/mol. The van der Waals surface area contributed by atoms with E-state index in [1.165, 1.54) is 0 Å². The molecule has 0 rings (SSSR count). The summed E-state index contributed by atoms with van der Waals surface area (Å²) in [5.74, 6) is 0. The Labute approximate surface area is 99.6 Å². The zero-order chi connectivity index (χ0) is 4.50. The molecule has 2 radical (unpaired) electrons. The van der Waals surface area contributed by atoms with E-state index in [1.54, 1.807) is 0 Å². The molecule has 0 bridgehead atoms. The van der Waals surface area contributed by atoms with Gasteiger partial charge in [-0.2, -0.15) is 0 Å². The predicted molar refractivity (Wildman–Crippen MR) is 31.9 cm³/mol. The fourth-order valence-corrected chi connectivity index (χ4v) is 0. The standard InChI is InChI=1S/Li.Mg.H3O4P.Pb.5H/c;;1-5(2,3)4;;;;;;/h;;(H3,1,2,3,4);;;;;;/q+1;+2;;;;;3*-1. The second kappa shape index (κ2) is 9.40. The first-order chi connectivity index (χ1) is 2.00. The summed E-state index contributed by atoms with van der Waals surface area (Å²) >= 11 is 0. The van der Waals surface area contributed by atoms with Gasteiger partial charge in [-0.3, -0.25) is 0 Å². The molecule has 0 heterocycles. The predicted octanol–water partition coefficient (Wildman–Crippen LogP) is -4.88. The van der Waals surface area contributed by atoms with Crippen LogP contribution >= 0.6 is 7.82 Å². The third kappa shape index (κ3) is 80.0. The molecule has 4 nitrogen and oxygen atoms in total. The van der Waals surface area contributed by atoms with Crippen molar-refractivity contribution in [3.8, 4) is 0 Å². The summed E-state index contributed by atoms with van der Waals surface area (Å²) in [5, 5.41) is 0. The quantitative estimate of drug-likeness (QED) is 0.305. The van der Waals surface area contributed by atoms with Crippen molar-refractivity contribution < 1.29 is 42.4 Å². The molecule has 0 amide bonds. The van der Waals surface area contributed by atoms with Crippen molar-refractivity contribution in [1.29, 1.82) is 0 Å². The first-order valence-electron chi connectivity index (χ1n) is 0.783. The molecule has 0 aromatic carbocycles. The topological polar surface area (TPSA) is 77.8 Å². The Hall–Kier alpha value is 2.40. The summed E-state index contributed by atoms with van der Waals surface area (Å²) < 4.78 is 8.88. The molecule has 44 valence electrons. The van der Waals surface area contributed by atoms with Gasteiger partial charge in [0.2, 0.25) is 0 Å². The number of hydrogen-bond donors (Lipinski definition) is 3. The van der Waals surface area contributed by atoms with Gasteiger partial charge in [-0.05, 0) is 0 Å². The summed E-state index contributed by atoms with van der Waals surface area (Å²) in [7, 11) is -4.64. The molecule has 0 aliphatic rings. The first-order valence-corrected chi connectivity index (χ1v) is 2.35. The average molecular weight is 341 g/mol. The minimum atomic E-state index is -4.64. The van der Waals surface area contributed by atoms with Gasteiger partial charge in [-0.25, -0.2) is 4.57 Å². The summed E-state index contributed by atoms with van der Waals surface area (Å²) in [5.41, 5.74) is 0. The van der Waals surface area contributed by atoms with Crippen LogP contribution in [-0.4, -0.2) is 65.0 Å². The van der Waals surface area contributed by atoms with E-state index in [2.05, 4.69) is 0 Å². The van der Waals surface area contributed by atoms with Gasteiger partial charge in [0.25, 0.3) is 0 Å². The van der Waals surface area contributed by atoms with Crippen LogP contribution in [0, 0.1) is 0 Å². The molecule has 8 heteroatoms. The van der Waals surface area contributed by atoms with Gasteiger partial charge < -0.3 is 19.0 Å². The molecular formula is H8LiMgO4PPb. The van der Waals surface area contributed by atoms with E-state index in [0.717, 1.165) is 0 Å². The molecule has 8 heavy (non-hydrogen) atoms. The molecule has 0 saturated heterocycles. The van der Waals surface area contributed by atoms with Gasteiger partial charge >= 0.3 is 77.0 Å². The van der Waals surface area contributed by atoms with E-state index in [0.29, 0.717) is 0 Å². The molecule has 0 unspecified atom stereocenters. The Kier molecular flexibility index (Phi) is 26.3. The van der Waals surface area contributed by atoms with E-state index in [1.807, 2.05) is 0 Å². The molecular weight excluding hydrogens is 333 g/mol. The Bertz CT molecular complexity index is 71.5. The number of phosphoric acid groups is 1. The van der Waals surface area contributed by atoms with Crippen molar-refractivity contribution in [3.63, 3.8) is 0 Å². The summed E-state index contributed by atoms with van der Waals surface area (Å²) in [6.07, 6.45) is 0. The molecule has 0 aromatic heterocycles. The Morgan fingerprint density at radius 2 is 1.25 bits per heavy atom. The molecule has 0 aromatic rings. The Morgan fingerprint density at radius 3 is 1.25 bits per heavy atom. The Morgan fingerprint density at radius 1 is 1.25 bits per heavy atom. The van der Waals surface area contributed by atoms with Gasteiger partial charge in [-0.1, -0.05) is 0 Å². The van der Waals surface area contributed by atoms with Gasteiger partial charge in [-0.15, -0.1) is 0 Å². The van der Waals surface area contributed by atoms with Crippen LogP contribution in [-0.2, 0) is 4.57 Å². The summed E-state index contributed by atoms with van der Waals surface area (Å²) in [4.78, 5) is 21.6. The van der Waals surface area contributed by atoms with Crippen LogP contribution in [0.25, 0.3) is 0 Å². The molecule has 0 fully saturated rings. The first kappa shape index (κ1) is 22.4. The van der Waals surface area contributed by atoms with Crippen LogP contribution in [0.15, 0.2) is 0 Å². The zero-order valence-electron chi connectivity index (χ0n) is 7.61. The van der Waals surface area contributed by atoms with Crippen molar-refractivity contribution in [2.24, 2.45) is 0 Å². The van der Waals surface area contributed by atoms with Crippen LogP contribution in [0.4, 0.5) is 0 Å². The van der Waals surface area contributed by atoms with Crippen LogP contribution in [0.5, 0.6) is 0 Å². The van der Waals surface area contributed by atoms with Crippen molar-refractivity contribution in [2.45, 2.75) is 0 Å². The SMILES string of the molecule is O=P(O)(O)O.[H-].[H-].[H-].[Li+].[Mg+2].[PbH2]. The second-order valence-electron chi connectivity index (χ2n) is 0.513. The van der Waals surface area contributed by atoms with Gasteiger partial charge in [0.15, 0.2) is 0 Å². The van der Waals surface area contributed by atoms with Crippen LogP contribution in [0.1, 0.15) is 4.28 Å². The van der Waals surface area contributed by atoms with Crippen LogP contribution < -0.4 is 18.9 Å². The normalized spacial score (nSPS) is 7.38. The van der Waals surface area contributed by atoms with Crippen LogP contribution in [0.3, 0.4) is 0 Å². The van der Waals surface area contributed by atoms with Crippen molar-refractivity contribution in [2.75, 3.05) is 0 Å². The molecule has 0 spiro atoms. The van der Waals surface area contributed by atoms with Gasteiger partial charge in [0, 0.05) is 0 Å². The van der Waals surface area contributed by atoms with E-state index in [4.69, 9.17) is 19.2 Å². The maximum atomic E-state index is 8.88. The second-order valence-corrected chi connectivity index (χ2v) is 1.54. The average Bonchev–Trinajstić information content (AvgIpc) is 0.722. The zero-order valence-corrected chi connectivity index (χ0v) is 12.4. The number of hydrogen-bond acceptors (Lipinski definition) is 1. The maximum absolute atomic E-state index is 8.88. The fourth-order valence-electron chi connectivity index (χ4n) is 0. The molecule has 0 atom stereocenters. The van der Waals surface area contributed by atoms with Gasteiger partial charge in [0.1, 0.15) is 0 Å². The van der Waals surface area contributed by atoms with Crippen molar-refractivity contribution in [1.82, 2.24) is 0 Å². The summed E-state index contributed by atoms with van der Waals surface area (Å²) in [6.45, 7) is 0.